The molecule has 8 heteroatoms. The fourth-order valence-electron chi connectivity index (χ4n) is 2.62. The zero-order valence-corrected chi connectivity index (χ0v) is 16.4. The lowest BCUT2D eigenvalue weighted by molar-refractivity contribution is 0.0435. The first-order chi connectivity index (χ1) is 14.2. The lowest BCUT2D eigenvalue weighted by Gasteiger charge is -2.07. The van der Waals surface area contributed by atoms with Crippen LogP contribution in [0.2, 0.25) is 0 Å². The summed E-state index contributed by atoms with van der Waals surface area (Å²) in [5.74, 6) is 2.06. The number of hydrogen-bond acceptors (Lipinski definition) is 8. The number of oxazole rings is 1. The minimum atomic E-state index is -0.450. The summed E-state index contributed by atoms with van der Waals surface area (Å²) in [5, 5.41) is 3.76. The number of ether oxygens (including phenoxy) is 1. The Balaban J connectivity index is 1.39. The van der Waals surface area contributed by atoms with E-state index in [-0.39, 0.29) is 6.61 Å². The number of esters is 1. The van der Waals surface area contributed by atoms with Crippen molar-refractivity contribution in [2.45, 2.75) is 24.2 Å². The van der Waals surface area contributed by atoms with Gasteiger partial charge in [0, 0.05) is 10.5 Å². The standard InChI is InChI=1S/C21H17N3O4S/c1-14-23-20(28-24-14)13-29-18-10-6-5-9-16(18)21(25)26-12-19-22-11-17(27-19)15-7-3-2-4-8-15/h2-11H,12-13H2,1H3. The lowest BCUT2D eigenvalue weighted by Crippen LogP contribution is -2.06. The second-order valence-corrected chi connectivity index (χ2v) is 7.10. The number of carbonyl (C=O) groups excluding carboxylic acids is 1. The van der Waals surface area contributed by atoms with Crippen molar-refractivity contribution in [3.05, 3.63) is 84.0 Å². The van der Waals surface area contributed by atoms with Crippen molar-refractivity contribution >= 4 is 17.7 Å². The highest BCUT2D eigenvalue weighted by Gasteiger charge is 2.16. The summed E-state index contributed by atoms with van der Waals surface area (Å²) in [6.07, 6.45) is 1.62. The number of benzene rings is 2. The molecule has 4 aromatic rings. The van der Waals surface area contributed by atoms with Crippen molar-refractivity contribution in [2.75, 3.05) is 0 Å². The predicted molar refractivity (Wildman–Crippen MR) is 106 cm³/mol. The third-order valence-corrected chi connectivity index (χ3v) is 5.02. The number of aryl methyl sites for hydroxylation is 1. The summed E-state index contributed by atoms with van der Waals surface area (Å²) in [5.41, 5.74) is 1.37. The first-order valence-electron chi connectivity index (χ1n) is 8.87. The Hall–Kier alpha value is -3.39. The van der Waals surface area contributed by atoms with Crippen molar-refractivity contribution in [2.24, 2.45) is 0 Å². The average molecular weight is 407 g/mol. The van der Waals surface area contributed by atoms with Crippen LogP contribution in [0.1, 0.15) is 28.0 Å². The highest BCUT2D eigenvalue weighted by atomic mass is 32.2. The van der Waals surface area contributed by atoms with E-state index in [9.17, 15) is 4.79 Å². The number of carbonyl (C=O) groups is 1. The molecular weight excluding hydrogens is 390 g/mol. The third-order valence-electron chi connectivity index (χ3n) is 3.97. The SMILES string of the molecule is Cc1noc(CSc2ccccc2C(=O)OCc2ncc(-c3ccccc3)o2)n1. The van der Waals surface area contributed by atoms with Gasteiger partial charge in [-0.15, -0.1) is 11.8 Å². The molecule has 146 valence electrons. The molecule has 0 amide bonds. The van der Waals surface area contributed by atoms with Crippen LogP contribution in [-0.2, 0) is 17.1 Å². The molecular formula is C21H17N3O4S. The van der Waals surface area contributed by atoms with Gasteiger partial charge in [0.25, 0.3) is 0 Å². The Kier molecular flexibility index (Phi) is 5.71. The first kappa shape index (κ1) is 18.9. The summed E-state index contributed by atoms with van der Waals surface area (Å²) in [4.78, 5) is 21.7. The van der Waals surface area contributed by atoms with Gasteiger partial charge in [0.1, 0.15) is 0 Å². The van der Waals surface area contributed by atoms with Gasteiger partial charge in [-0.3, -0.25) is 0 Å². The van der Waals surface area contributed by atoms with Crippen molar-refractivity contribution in [3.8, 4) is 11.3 Å². The Bertz CT molecular complexity index is 1110. The zero-order valence-electron chi connectivity index (χ0n) is 15.6. The molecule has 2 heterocycles. The molecule has 0 unspecified atom stereocenters. The van der Waals surface area contributed by atoms with E-state index in [2.05, 4.69) is 15.1 Å². The van der Waals surface area contributed by atoms with Gasteiger partial charge in [-0.25, -0.2) is 9.78 Å². The fraction of sp³-hybridized carbons (Fsp3) is 0.143. The Morgan fingerprint density at radius 3 is 2.66 bits per heavy atom. The quantitative estimate of drug-likeness (QED) is 0.322. The molecule has 0 aliphatic rings. The summed E-state index contributed by atoms with van der Waals surface area (Å²) < 4.78 is 16.2. The van der Waals surface area contributed by atoms with Crippen molar-refractivity contribution in [1.29, 1.82) is 0 Å². The molecule has 0 saturated heterocycles. The van der Waals surface area contributed by atoms with Crippen LogP contribution in [0.5, 0.6) is 0 Å². The Labute approximate surface area is 171 Å². The van der Waals surface area contributed by atoms with Gasteiger partial charge in [-0.05, 0) is 19.1 Å². The van der Waals surface area contributed by atoms with Crippen molar-refractivity contribution < 1.29 is 18.5 Å². The largest absolute Gasteiger partial charge is 0.452 e. The monoisotopic (exact) mass is 407 g/mol. The van der Waals surface area contributed by atoms with E-state index in [1.807, 2.05) is 42.5 Å². The van der Waals surface area contributed by atoms with Gasteiger partial charge < -0.3 is 13.7 Å². The molecule has 0 spiro atoms. The van der Waals surface area contributed by atoms with Crippen LogP contribution in [0, 0.1) is 6.92 Å². The minimum Gasteiger partial charge on any atom is -0.452 e. The van der Waals surface area contributed by atoms with Crippen LogP contribution in [-0.4, -0.2) is 21.1 Å². The second-order valence-electron chi connectivity index (χ2n) is 6.08. The summed E-state index contributed by atoms with van der Waals surface area (Å²) in [6.45, 7) is 1.71. The summed E-state index contributed by atoms with van der Waals surface area (Å²) in [7, 11) is 0. The fourth-order valence-corrected chi connectivity index (χ4v) is 3.50. The molecule has 0 fully saturated rings. The first-order valence-corrected chi connectivity index (χ1v) is 9.86. The Morgan fingerprint density at radius 2 is 1.86 bits per heavy atom. The van der Waals surface area contributed by atoms with Crippen molar-refractivity contribution in [3.63, 3.8) is 0 Å². The second kappa shape index (κ2) is 8.74. The highest BCUT2D eigenvalue weighted by molar-refractivity contribution is 7.98. The lowest BCUT2D eigenvalue weighted by atomic mass is 10.2. The van der Waals surface area contributed by atoms with Crippen LogP contribution >= 0.6 is 11.8 Å². The number of nitrogens with zero attached hydrogens (tertiary/aromatic N) is 3. The van der Waals surface area contributed by atoms with Gasteiger partial charge in [0.15, 0.2) is 18.2 Å². The Morgan fingerprint density at radius 1 is 1.07 bits per heavy atom. The summed E-state index contributed by atoms with van der Waals surface area (Å²) >= 11 is 1.43. The minimum absolute atomic E-state index is 0.0481. The molecule has 0 saturated carbocycles. The maximum Gasteiger partial charge on any atom is 0.339 e. The van der Waals surface area contributed by atoms with E-state index in [0.717, 1.165) is 10.5 Å². The average Bonchev–Trinajstić information content (AvgIpc) is 3.40. The maximum atomic E-state index is 12.6. The summed E-state index contributed by atoms with van der Waals surface area (Å²) in [6, 6.07) is 16.8. The topological polar surface area (TPSA) is 91.2 Å². The van der Waals surface area contributed by atoms with Gasteiger partial charge in [-0.2, -0.15) is 4.98 Å². The maximum absolute atomic E-state index is 12.6. The molecule has 4 rings (SSSR count). The zero-order chi connectivity index (χ0) is 20.1. The number of aromatic nitrogens is 3. The van der Waals surface area contributed by atoms with Gasteiger partial charge in [0.2, 0.25) is 11.8 Å². The molecule has 0 aliphatic heterocycles. The van der Waals surface area contributed by atoms with Gasteiger partial charge in [-0.1, -0.05) is 47.6 Å². The van der Waals surface area contributed by atoms with E-state index in [1.165, 1.54) is 11.8 Å². The van der Waals surface area contributed by atoms with E-state index >= 15 is 0 Å². The molecule has 2 aromatic heterocycles. The van der Waals surface area contributed by atoms with E-state index in [4.69, 9.17) is 13.7 Å². The van der Waals surface area contributed by atoms with Gasteiger partial charge in [0.05, 0.1) is 17.5 Å². The molecule has 0 atom stereocenters. The predicted octanol–water partition coefficient (Wildman–Crippen LogP) is 4.68. The molecule has 2 aromatic carbocycles. The van der Waals surface area contributed by atoms with Crippen LogP contribution in [0.15, 0.2) is 74.6 Å². The molecule has 0 bridgehead atoms. The van der Waals surface area contributed by atoms with Crippen LogP contribution in [0.4, 0.5) is 0 Å². The van der Waals surface area contributed by atoms with Crippen molar-refractivity contribution in [1.82, 2.24) is 15.1 Å². The normalized spacial score (nSPS) is 10.8. The molecule has 29 heavy (non-hydrogen) atoms. The molecule has 0 aliphatic carbocycles. The van der Waals surface area contributed by atoms with Crippen LogP contribution < -0.4 is 0 Å². The highest BCUT2D eigenvalue weighted by Crippen LogP contribution is 2.27. The van der Waals surface area contributed by atoms with Crippen LogP contribution in [0.25, 0.3) is 11.3 Å². The van der Waals surface area contributed by atoms with E-state index in [0.29, 0.717) is 34.7 Å². The molecule has 7 nitrogen and oxygen atoms in total. The smallest absolute Gasteiger partial charge is 0.339 e. The number of rotatable bonds is 7. The molecule has 0 radical (unpaired) electrons. The number of hydrogen-bond donors (Lipinski definition) is 0. The third kappa shape index (κ3) is 4.72. The van der Waals surface area contributed by atoms with Crippen LogP contribution in [0.3, 0.4) is 0 Å². The number of thioether (sulfide) groups is 1. The molecule has 0 N–H and O–H groups in total. The van der Waals surface area contributed by atoms with Gasteiger partial charge >= 0.3 is 5.97 Å². The van der Waals surface area contributed by atoms with E-state index in [1.54, 1.807) is 25.3 Å². The van der Waals surface area contributed by atoms with E-state index < -0.39 is 5.97 Å².